The van der Waals surface area contributed by atoms with Gasteiger partial charge >= 0.3 is 6.03 Å². The van der Waals surface area contributed by atoms with Crippen molar-refractivity contribution in [1.82, 2.24) is 9.80 Å². The molecule has 2 amide bonds. The van der Waals surface area contributed by atoms with E-state index < -0.39 is 0 Å². The molecule has 1 fully saturated rings. The second-order valence-corrected chi connectivity index (χ2v) is 6.33. The normalized spacial score (nSPS) is 15.4. The van der Waals surface area contributed by atoms with Crippen molar-refractivity contribution in [3.8, 4) is 5.75 Å². The van der Waals surface area contributed by atoms with Crippen molar-refractivity contribution < 1.29 is 9.53 Å². The molecule has 0 aliphatic carbocycles. The molecule has 122 valence electrons. The van der Waals surface area contributed by atoms with Gasteiger partial charge in [-0.1, -0.05) is 0 Å². The average Bonchev–Trinajstić information content (AvgIpc) is 3.09. The van der Waals surface area contributed by atoms with Gasteiger partial charge in [0, 0.05) is 38.4 Å². The number of thiophene rings is 1. The Hall–Kier alpha value is -2.05. The van der Waals surface area contributed by atoms with Crippen molar-refractivity contribution in [2.24, 2.45) is 0 Å². The van der Waals surface area contributed by atoms with Gasteiger partial charge in [0.15, 0.2) is 0 Å². The highest BCUT2D eigenvalue weighted by Crippen LogP contribution is 2.16. The molecular formula is C17H21N3O2S. The molecule has 0 radical (unpaired) electrons. The van der Waals surface area contributed by atoms with Gasteiger partial charge in [-0.3, -0.25) is 4.90 Å². The Morgan fingerprint density at radius 3 is 2.52 bits per heavy atom. The molecule has 2 aromatic rings. The number of ether oxygens (including phenoxy) is 1. The fraction of sp³-hybridized carbons (Fsp3) is 0.353. The summed E-state index contributed by atoms with van der Waals surface area (Å²) < 4.78 is 5.12. The number of anilines is 1. The molecule has 1 aromatic heterocycles. The zero-order valence-electron chi connectivity index (χ0n) is 13.2. The first-order valence-electron chi connectivity index (χ1n) is 7.68. The molecule has 2 heterocycles. The van der Waals surface area contributed by atoms with E-state index in [1.807, 2.05) is 29.2 Å². The number of benzene rings is 1. The molecule has 0 saturated carbocycles. The van der Waals surface area contributed by atoms with Crippen LogP contribution in [-0.2, 0) is 6.54 Å². The summed E-state index contributed by atoms with van der Waals surface area (Å²) in [6.07, 6.45) is 0. The third-order valence-electron chi connectivity index (χ3n) is 3.99. The van der Waals surface area contributed by atoms with E-state index in [1.165, 1.54) is 5.56 Å². The third-order valence-corrected chi connectivity index (χ3v) is 4.72. The Morgan fingerprint density at radius 2 is 1.91 bits per heavy atom. The summed E-state index contributed by atoms with van der Waals surface area (Å²) >= 11 is 1.73. The van der Waals surface area contributed by atoms with E-state index in [9.17, 15) is 4.79 Å². The van der Waals surface area contributed by atoms with Crippen molar-refractivity contribution >= 4 is 23.1 Å². The van der Waals surface area contributed by atoms with E-state index in [4.69, 9.17) is 4.74 Å². The summed E-state index contributed by atoms with van der Waals surface area (Å²) in [5.74, 6) is 0.782. The first-order chi connectivity index (χ1) is 11.2. The van der Waals surface area contributed by atoms with Gasteiger partial charge < -0.3 is 15.0 Å². The summed E-state index contributed by atoms with van der Waals surface area (Å²) in [5.41, 5.74) is 2.14. The van der Waals surface area contributed by atoms with Gasteiger partial charge in [-0.25, -0.2) is 4.79 Å². The number of nitrogens with one attached hydrogen (secondary N) is 1. The molecule has 0 atom stereocenters. The summed E-state index contributed by atoms with van der Waals surface area (Å²) in [6.45, 7) is 4.30. The molecule has 0 bridgehead atoms. The van der Waals surface area contributed by atoms with E-state index in [0.29, 0.717) is 0 Å². The molecule has 0 spiro atoms. The second kappa shape index (κ2) is 7.48. The number of urea groups is 1. The number of rotatable bonds is 4. The molecule has 0 unspecified atom stereocenters. The molecule has 5 nitrogen and oxygen atoms in total. The third kappa shape index (κ3) is 4.24. The van der Waals surface area contributed by atoms with Gasteiger partial charge in [0.1, 0.15) is 5.75 Å². The predicted molar refractivity (Wildman–Crippen MR) is 93.2 cm³/mol. The van der Waals surface area contributed by atoms with Gasteiger partial charge in [-0.2, -0.15) is 11.3 Å². The monoisotopic (exact) mass is 331 g/mol. The zero-order valence-corrected chi connectivity index (χ0v) is 14.0. The van der Waals surface area contributed by atoms with Crippen molar-refractivity contribution in [2.45, 2.75) is 6.54 Å². The van der Waals surface area contributed by atoms with Crippen LogP contribution in [0.1, 0.15) is 5.56 Å². The highest BCUT2D eigenvalue weighted by atomic mass is 32.1. The van der Waals surface area contributed by atoms with Crippen LogP contribution in [0.3, 0.4) is 0 Å². The number of hydrogen-bond donors (Lipinski definition) is 1. The predicted octanol–water partition coefficient (Wildman–Crippen LogP) is 3.11. The van der Waals surface area contributed by atoms with Crippen molar-refractivity contribution in [3.05, 3.63) is 46.7 Å². The lowest BCUT2D eigenvalue weighted by atomic mass is 10.2. The number of nitrogens with zero attached hydrogens (tertiary/aromatic N) is 2. The highest BCUT2D eigenvalue weighted by molar-refractivity contribution is 7.07. The van der Waals surface area contributed by atoms with Crippen LogP contribution >= 0.6 is 11.3 Å². The fourth-order valence-electron chi connectivity index (χ4n) is 2.63. The molecule has 23 heavy (non-hydrogen) atoms. The van der Waals surface area contributed by atoms with Gasteiger partial charge in [-0.05, 0) is 46.7 Å². The number of methoxy groups -OCH3 is 1. The Labute approximate surface area is 140 Å². The summed E-state index contributed by atoms with van der Waals surface area (Å²) in [5, 5.41) is 7.23. The van der Waals surface area contributed by atoms with Crippen LogP contribution in [0.5, 0.6) is 5.75 Å². The van der Waals surface area contributed by atoms with Crippen LogP contribution in [0.4, 0.5) is 10.5 Å². The molecule has 1 aliphatic rings. The van der Waals surface area contributed by atoms with Crippen molar-refractivity contribution in [3.63, 3.8) is 0 Å². The SMILES string of the molecule is COc1ccc(NC(=O)N2CCN(Cc3ccsc3)CC2)cc1. The standard InChI is InChI=1S/C17H21N3O2S/c1-22-16-4-2-15(3-5-16)18-17(21)20-9-7-19(8-10-20)12-14-6-11-23-13-14/h2-6,11,13H,7-10,12H2,1H3,(H,18,21). The molecule has 1 aliphatic heterocycles. The Kier molecular flexibility index (Phi) is 5.15. The number of piperazine rings is 1. The maximum absolute atomic E-state index is 12.3. The molecule has 6 heteroatoms. The molecule has 1 aromatic carbocycles. The van der Waals surface area contributed by atoms with Gasteiger partial charge in [0.05, 0.1) is 7.11 Å². The van der Waals surface area contributed by atoms with Crippen molar-refractivity contribution in [1.29, 1.82) is 0 Å². The second-order valence-electron chi connectivity index (χ2n) is 5.55. The number of hydrogen-bond acceptors (Lipinski definition) is 4. The summed E-state index contributed by atoms with van der Waals surface area (Å²) in [6, 6.07) is 9.51. The van der Waals surface area contributed by atoms with Gasteiger partial charge in [-0.15, -0.1) is 0 Å². The van der Waals surface area contributed by atoms with E-state index >= 15 is 0 Å². The van der Waals surface area contributed by atoms with Gasteiger partial charge in [0.2, 0.25) is 0 Å². The largest absolute Gasteiger partial charge is 0.497 e. The Morgan fingerprint density at radius 1 is 1.17 bits per heavy atom. The lowest BCUT2D eigenvalue weighted by Crippen LogP contribution is -2.49. The topological polar surface area (TPSA) is 44.8 Å². The maximum atomic E-state index is 12.3. The minimum absolute atomic E-state index is 0.0367. The van der Waals surface area contributed by atoms with E-state index in [2.05, 4.69) is 27.0 Å². The maximum Gasteiger partial charge on any atom is 0.321 e. The van der Waals surface area contributed by atoms with E-state index in [0.717, 1.165) is 44.2 Å². The zero-order chi connectivity index (χ0) is 16.1. The molecule has 1 N–H and O–H groups in total. The lowest BCUT2D eigenvalue weighted by Gasteiger charge is -2.34. The average molecular weight is 331 g/mol. The smallest absolute Gasteiger partial charge is 0.321 e. The van der Waals surface area contributed by atoms with Crippen LogP contribution in [0.25, 0.3) is 0 Å². The van der Waals surface area contributed by atoms with Gasteiger partial charge in [0.25, 0.3) is 0 Å². The van der Waals surface area contributed by atoms with Crippen LogP contribution < -0.4 is 10.1 Å². The van der Waals surface area contributed by atoms with Crippen LogP contribution in [0, 0.1) is 0 Å². The Bertz CT molecular complexity index is 620. The molecule has 3 rings (SSSR count). The quantitative estimate of drug-likeness (QED) is 0.936. The first kappa shape index (κ1) is 15.8. The van der Waals surface area contributed by atoms with Crippen LogP contribution in [0.15, 0.2) is 41.1 Å². The number of amides is 2. The fourth-order valence-corrected chi connectivity index (χ4v) is 3.29. The number of carbonyl (C=O) groups excluding carboxylic acids is 1. The van der Waals surface area contributed by atoms with Crippen LogP contribution in [-0.4, -0.2) is 49.1 Å². The highest BCUT2D eigenvalue weighted by Gasteiger charge is 2.21. The first-order valence-corrected chi connectivity index (χ1v) is 8.62. The Balaban J connectivity index is 1.47. The lowest BCUT2D eigenvalue weighted by molar-refractivity contribution is 0.143. The summed E-state index contributed by atoms with van der Waals surface area (Å²) in [4.78, 5) is 16.6. The number of carbonyl (C=O) groups is 1. The molecular weight excluding hydrogens is 310 g/mol. The van der Waals surface area contributed by atoms with E-state index in [1.54, 1.807) is 18.4 Å². The van der Waals surface area contributed by atoms with E-state index in [-0.39, 0.29) is 6.03 Å². The van der Waals surface area contributed by atoms with Crippen molar-refractivity contribution in [2.75, 3.05) is 38.6 Å². The molecule has 1 saturated heterocycles. The minimum Gasteiger partial charge on any atom is -0.497 e. The van der Waals surface area contributed by atoms with Crippen LogP contribution in [0.2, 0.25) is 0 Å². The summed E-state index contributed by atoms with van der Waals surface area (Å²) in [7, 11) is 1.63. The minimum atomic E-state index is -0.0367.